The first-order valence-corrected chi connectivity index (χ1v) is 4.64. The van der Waals surface area contributed by atoms with Gasteiger partial charge in [-0.3, -0.25) is 4.57 Å². The van der Waals surface area contributed by atoms with Crippen molar-refractivity contribution in [3.8, 4) is 0 Å². The van der Waals surface area contributed by atoms with Crippen molar-refractivity contribution < 1.29 is 89.9 Å². The van der Waals surface area contributed by atoms with E-state index < -0.39 is 15.6 Å². The Morgan fingerprint density at radius 2 is 0.917 bits per heavy atom. The molecule has 72 valence electrons. The van der Waals surface area contributed by atoms with Crippen LogP contribution in [0, 0.1) is 0 Å². The molecule has 0 radical (unpaired) electrons. The van der Waals surface area contributed by atoms with Gasteiger partial charge in [-0.05, 0) is 0 Å². The summed E-state index contributed by atoms with van der Waals surface area (Å²) in [6, 6.07) is 0. The molecular formula is H8KO8P3. The Hall–Kier alpha value is 2.29. The van der Waals surface area contributed by atoms with E-state index in [9.17, 15) is 0 Å². The van der Waals surface area contributed by atoms with E-state index in [2.05, 4.69) is 0 Å². The maximum absolute atomic E-state index is 8.88. The molecule has 1 unspecified atom stereocenters. The van der Waals surface area contributed by atoms with Crippen molar-refractivity contribution in [1.29, 1.82) is 0 Å². The van der Waals surface area contributed by atoms with Gasteiger partial charge in [-0.1, -0.05) is 0 Å². The van der Waals surface area contributed by atoms with Crippen LogP contribution in [0.5, 0.6) is 0 Å². The van der Waals surface area contributed by atoms with Crippen molar-refractivity contribution in [3.05, 3.63) is 0 Å². The van der Waals surface area contributed by atoms with Gasteiger partial charge < -0.3 is 29.4 Å². The Balaban J connectivity index is -0.0000000457. The minimum absolute atomic E-state index is 0. The van der Waals surface area contributed by atoms with Gasteiger partial charge in [0, 0.05) is 0 Å². The summed E-state index contributed by atoms with van der Waals surface area (Å²) in [6.45, 7) is 0. The number of hydrogen-bond acceptors (Lipinski definition) is 3. The molecule has 5 N–H and O–H groups in total. The Kier molecular flexibility index (Phi) is 19.5. The molecular weight excluding hydrogens is 260 g/mol. The van der Waals surface area contributed by atoms with E-state index in [0.29, 0.717) is 0 Å². The van der Waals surface area contributed by atoms with Crippen molar-refractivity contribution in [1.82, 2.24) is 0 Å². The van der Waals surface area contributed by atoms with Gasteiger partial charge in [-0.25, -0.2) is 4.57 Å². The van der Waals surface area contributed by atoms with E-state index in [-0.39, 0.29) is 61.3 Å². The van der Waals surface area contributed by atoms with Gasteiger partial charge in [-0.15, -0.1) is 0 Å². The fourth-order valence-corrected chi connectivity index (χ4v) is 0. The second-order valence-electron chi connectivity index (χ2n) is 1.00. The van der Waals surface area contributed by atoms with Gasteiger partial charge in [0.2, 0.25) is 0 Å². The Labute approximate surface area is 114 Å². The van der Waals surface area contributed by atoms with Gasteiger partial charge in [-0.2, -0.15) is 9.90 Å². The zero-order chi connectivity index (χ0) is 9.00. The molecule has 0 heterocycles. The summed E-state index contributed by atoms with van der Waals surface area (Å²) >= 11 is 0. The Bertz CT molecular complexity index is 127. The second-order valence-corrected chi connectivity index (χ2v) is 3.01. The topological polar surface area (TPSA) is 158 Å². The SMILES string of the molecule is O=P(O)(O)O.O=P([O-])(O)O.P.[K+]. The van der Waals surface area contributed by atoms with Crippen LogP contribution in [-0.2, 0) is 9.13 Å². The van der Waals surface area contributed by atoms with E-state index in [4.69, 9.17) is 38.5 Å². The second kappa shape index (κ2) is 9.83. The average molecular weight is 268 g/mol. The van der Waals surface area contributed by atoms with Crippen LogP contribution in [0.1, 0.15) is 0 Å². The predicted octanol–water partition coefficient (Wildman–Crippen LogP) is -5.43. The van der Waals surface area contributed by atoms with Crippen LogP contribution < -0.4 is 56.3 Å². The molecule has 0 rings (SSSR count). The molecule has 0 amide bonds. The predicted molar refractivity (Wildman–Crippen MR) is 37.4 cm³/mol. The zero-order valence-electron chi connectivity index (χ0n) is 6.06. The van der Waals surface area contributed by atoms with Crippen LogP contribution in [0.3, 0.4) is 0 Å². The fourth-order valence-electron chi connectivity index (χ4n) is 0. The van der Waals surface area contributed by atoms with Crippen molar-refractivity contribution in [2.24, 2.45) is 0 Å². The van der Waals surface area contributed by atoms with Gasteiger partial charge in [0.15, 0.2) is 0 Å². The van der Waals surface area contributed by atoms with Crippen LogP contribution in [-0.4, -0.2) is 24.5 Å². The monoisotopic (exact) mass is 268 g/mol. The standard InChI is InChI=1S/K.2H3O4P.H3P/c;2*1-5(2,3)4;/h;2*(H3,1,2,3,4);1H3/q+1;;;/p-1. The number of phosphoric acid groups is 2. The summed E-state index contributed by atoms with van der Waals surface area (Å²) in [7, 11) is -9.53. The molecule has 1 atom stereocenters. The van der Waals surface area contributed by atoms with Crippen molar-refractivity contribution in [3.63, 3.8) is 0 Å². The molecule has 0 aromatic carbocycles. The molecule has 0 spiro atoms. The summed E-state index contributed by atoms with van der Waals surface area (Å²) in [5, 5.41) is 0. The molecule has 12 heavy (non-hydrogen) atoms. The third kappa shape index (κ3) is 299. The van der Waals surface area contributed by atoms with E-state index in [1.807, 2.05) is 0 Å². The summed E-state index contributed by atoms with van der Waals surface area (Å²) < 4.78 is 17.7. The smallest absolute Gasteiger partial charge is 0.756 e. The first-order chi connectivity index (χ1) is 4.00. The molecule has 0 aliphatic heterocycles. The fraction of sp³-hybridized carbons (Fsp3) is 0. The van der Waals surface area contributed by atoms with E-state index >= 15 is 0 Å². The molecule has 0 fully saturated rings. The molecule has 12 heteroatoms. The van der Waals surface area contributed by atoms with E-state index in [1.165, 1.54) is 0 Å². The number of rotatable bonds is 0. The van der Waals surface area contributed by atoms with Crippen molar-refractivity contribution in [2.45, 2.75) is 0 Å². The Morgan fingerprint density at radius 1 is 0.917 bits per heavy atom. The minimum atomic E-state index is -4.89. The van der Waals surface area contributed by atoms with Crippen molar-refractivity contribution >= 4 is 25.5 Å². The van der Waals surface area contributed by atoms with Crippen molar-refractivity contribution in [2.75, 3.05) is 0 Å². The van der Waals surface area contributed by atoms with Crippen LogP contribution in [0.2, 0.25) is 0 Å². The first kappa shape index (κ1) is 23.8. The molecule has 0 bridgehead atoms. The normalized spacial score (nSPS) is 9.83. The van der Waals surface area contributed by atoms with Crippen LogP contribution >= 0.6 is 25.5 Å². The molecule has 0 saturated carbocycles. The molecule has 0 aliphatic rings. The van der Waals surface area contributed by atoms with Crippen LogP contribution in [0.15, 0.2) is 0 Å². The van der Waals surface area contributed by atoms with Gasteiger partial charge in [0.25, 0.3) is 7.82 Å². The van der Waals surface area contributed by atoms with Crippen LogP contribution in [0.4, 0.5) is 0 Å². The van der Waals surface area contributed by atoms with Crippen LogP contribution in [0.25, 0.3) is 0 Å². The summed E-state index contributed by atoms with van der Waals surface area (Å²) in [4.78, 5) is 44.5. The van der Waals surface area contributed by atoms with E-state index in [0.717, 1.165) is 0 Å². The maximum atomic E-state index is 8.88. The average Bonchev–Trinajstić information content (AvgIpc) is 1.12. The van der Waals surface area contributed by atoms with E-state index in [1.54, 1.807) is 0 Å². The zero-order valence-corrected chi connectivity index (χ0v) is 12.4. The first-order valence-electron chi connectivity index (χ1n) is 1.55. The van der Waals surface area contributed by atoms with Gasteiger partial charge >= 0.3 is 59.2 Å². The van der Waals surface area contributed by atoms with Gasteiger partial charge in [0.1, 0.15) is 0 Å². The summed E-state index contributed by atoms with van der Waals surface area (Å²) in [6.07, 6.45) is 0. The maximum Gasteiger partial charge on any atom is 1.00 e. The molecule has 0 aromatic heterocycles. The molecule has 8 nitrogen and oxygen atoms in total. The molecule has 0 aliphatic carbocycles. The largest absolute Gasteiger partial charge is 1.00 e. The third-order valence-corrected chi connectivity index (χ3v) is 0. The third-order valence-electron chi connectivity index (χ3n) is 0. The Morgan fingerprint density at radius 3 is 0.917 bits per heavy atom. The summed E-state index contributed by atoms with van der Waals surface area (Å²) in [5.74, 6) is 0. The molecule has 0 aromatic rings. The molecule has 0 saturated heterocycles. The summed E-state index contributed by atoms with van der Waals surface area (Å²) in [5.41, 5.74) is 0. The quantitative estimate of drug-likeness (QED) is 0.215. The minimum Gasteiger partial charge on any atom is -0.756 e. The van der Waals surface area contributed by atoms with Gasteiger partial charge in [0.05, 0.1) is 0 Å². The number of hydrogen-bond donors (Lipinski definition) is 5.